The number of amides is 1. The Labute approximate surface area is 124 Å². The van der Waals surface area contributed by atoms with Crippen molar-refractivity contribution < 1.29 is 4.79 Å². The number of hydrogen-bond acceptors (Lipinski definition) is 2. The third kappa shape index (κ3) is 3.34. The molecule has 1 heterocycles. The van der Waals surface area contributed by atoms with Crippen LogP contribution in [0.15, 0.2) is 24.3 Å². The van der Waals surface area contributed by atoms with Gasteiger partial charge in [0.2, 0.25) is 5.91 Å². The fourth-order valence-corrected chi connectivity index (χ4v) is 2.73. The molecule has 0 radical (unpaired) electrons. The second-order valence-electron chi connectivity index (χ2n) is 4.92. The lowest BCUT2D eigenvalue weighted by Crippen LogP contribution is -2.55. The maximum Gasteiger partial charge on any atom is 0.240 e. The first-order chi connectivity index (χ1) is 8.99. The van der Waals surface area contributed by atoms with Gasteiger partial charge in [-0.05, 0) is 32.0 Å². The van der Waals surface area contributed by atoms with Crippen molar-refractivity contribution in [1.82, 2.24) is 4.90 Å². The molecule has 2 rings (SSSR count). The molecule has 1 amide bonds. The molecule has 0 N–H and O–H groups in total. The van der Waals surface area contributed by atoms with Gasteiger partial charge in [-0.2, -0.15) is 0 Å². The fraction of sp³-hybridized carbons (Fsp3) is 0.500. The van der Waals surface area contributed by atoms with E-state index in [1.54, 1.807) is 6.92 Å². The molecule has 2 unspecified atom stereocenters. The summed E-state index contributed by atoms with van der Waals surface area (Å²) in [5, 5.41) is 0.276. The van der Waals surface area contributed by atoms with E-state index in [4.69, 9.17) is 23.2 Å². The summed E-state index contributed by atoms with van der Waals surface area (Å²) in [7, 11) is 0. The number of halogens is 2. The molecule has 1 aromatic carbocycles. The van der Waals surface area contributed by atoms with Crippen molar-refractivity contribution in [2.45, 2.75) is 25.3 Å². The van der Waals surface area contributed by atoms with E-state index in [9.17, 15) is 4.79 Å². The first-order valence-corrected chi connectivity index (χ1v) is 7.25. The minimum Gasteiger partial charge on any atom is -0.368 e. The zero-order valence-corrected chi connectivity index (χ0v) is 12.7. The Balaban J connectivity index is 2.06. The largest absolute Gasteiger partial charge is 0.368 e. The third-order valence-electron chi connectivity index (χ3n) is 3.42. The first kappa shape index (κ1) is 14.5. The quantitative estimate of drug-likeness (QED) is 0.784. The Morgan fingerprint density at radius 3 is 2.74 bits per heavy atom. The van der Waals surface area contributed by atoms with Crippen LogP contribution in [0.2, 0.25) is 5.02 Å². The van der Waals surface area contributed by atoms with Crippen LogP contribution in [0, 0.1) is 0 Å². The number of anilines is 1. The van der Waals surface area contributed by atoms with Crippen LogP contribution in [-0.2, 0) is 4.79 Å². The van der Waals surface area contributed by atoms with Gasteiger partial charge < -0.3 is 9.80 Å². The number of carbonyl (C=O) groups is 1. The number of nitrogens with zero attached hydrogens (tertiary/aromatic N) is 2. The van der Waals surface area contributed by atoms with Gasteiger partial charge in [0.05, 0.1) is 0 Å². The van der Waals surface area contributed by atoms with Gasteiger partial charge in [-0.1, -0.05) is 17.7 Å². The Bertz CT molecular complexity index is 465. The Morgan fingerprint density at radius 1 is 1.42 bits per heavy atom. The summed E-state index contributed by atoms with van der Waals surface area (Å²) in [6.07, 6.45) is 0. The van der Waals surface area contributed by atoms with Gasteiger partial charge in [-0.25, -0.2) is 0 Å². The summed E-state index contributed by atoms with van der Waals surface area (Å²) >= 11 is 11.9. The predicted molar refractivity (Wildman–Crippen MR) is 80.2 cm³/mol. The zero-order valence-electron chi connectivity index (χ0n) is 11.1. The molecule has 0 bridgehead atoms. The number of benzene rings is 1. The molecule has 2 atom stereocenters. The standard InChI is InChI=1S/C14H18Cl2N2O/c1-10-9-17(13-5-3-4-12(16)8-13)6-7-18(10)14(19)11(2)15/h3-5,8,10-11H,6-7,9H2,1-2H3. The van der Waals surface area contributed by atoms with Crippen LogP contribution >= 0.6 is 23.2 Å². The molecule has 1 saturated heterocycles. The van der Waals surface area contributed by atoms with Crippen LogP contribution < -0.4 is 4.90 Å². The highest BCUT2D eigenvalue weighted by atomic mass is 35.5. The molecule has 1 aromatic rings. The number of hydrogen-bond donors (Lipinski definition) is 0. The van der Waals surface area contributed by atoms with Crippen molar-refractivity contribution in [2.24, 2.45) is 0 Å². The molecular weight excluding hydrogens is 283 g/mol. The zero-order chi connectivity index (χ0) is 14.0. The van der Waals surface area contributed by atoms with Crippen molar-refractivity contribution in [1.29, 1.82) is 0 Å². The van der Waals surface area contributed by atoms with E-state index in [0.29, 0.717) is 6.54 Å². The lowest BCUT2D eigenvalue weighted by molar-refractivity contribution is -0.132. The summed E-state index contributed by atoms with van der Waals surface area (Å²) in [4.78, 5) is 16.1. The van der Waals surface area contributed by atoms with E-state index in [2.05, 4.69) is 4.90 Å². The highest BCUT2D eigenvalue weighted by Gasteiger charge is 2.29. The Kier molecular flexibility index (Phi) is 4.58. The molecule has 104 valence electrons. The van der Waals surface area contributed by atoms with Crippen LogP contribution in [-0.4, -0.2) is 41.9 Å². The van der Waals surface area contributed by atoms with Crippen molar-refractivity contribution in [3.63, 3.8) is 0 Å². The molecule has 5 heteroatoms. The maximum atomic E-state index is 12.0. The molecule has 0 spiro atoms. The van der Waals surface area contributed by atoms with Crippen molar-refractivity contribution in [3.8, 4) is 0 Å². The number of rotatable bonds is 2. The van der Waals surface area contributed by atoms with Gasteiger partial charge >= 0.3 is 0 Å². The van der Waals surface area contributed by atoms with Gasteiger partial charge in [-0.3, -0.25) is 4.79 Å². The predicted octanol–water partition coefficient (Wildman–Crippen LogP) is 3.00. The molecular formula is C14H18Cl2N2O. The number of carbonyl (C=O) groups excluding carboxylic acids is 1. The fourth-order valence-electron chi connectivity index (χ4n) is 2.42. The van der Waals surface area contributed by atoms with E-state index in [-0.39, 0.29) is 11.9 Å². The highest BCUT2D eigenvalue weighted by molar-refractivity contribution is 6.31. The maximum absolute atomic E-state index is 12.0. The van der Waals surface area contributed by atoms with Gasteiger partial charge in [0, 0.05) is 36.4 Å². The molecule has 19 heavy (non-hydrogen) atoms. The third-order valence-corrected chi connectivity index (χ3v) is 3.85. The van der Waals surface area contributed by atoms with E-state index < -0.39 is 5.38 Å². The number of alkyl halides is 1. The molecule has 0 aliphatic carbocycles. The van der Waals surface area contributed by atoms with Gasteiger partial charge in [-0.15, -0.1) is 11.6 Å². The lowest BCUT2D eigenvalue weighted by Gasteiger charge is -2.41. The van der Waals surface area contributed by atoms with E-state index >= 15 is 0 Å². The van der Waals surface area contributed by atoms with E-state index in [1.807, 2.05) is 36.1 Å². The summed E-state index contributed by atoms with van der Waals surface area (Å²) in [6, 6.07) is 7.96. The molecule has 3 nitrogen and oxygen atoms in total. The summed E-state index contributed by atoms with van der Waals surface area (Å²) in [5.41, 5.74) is 1.10. The Hall–Kier alpha value is -0.930. The first-order valence-electron chi connectivity index (χ1n) is 6.44. The van der Waals surface area contributed by atoms with Crippen molar-refractivity contribution in [3.05, 3.63) is 29.3 Å². The average Bonchev–Trinajstić information content (AvgIpc) is 2.37. The average molecular weight is 301 g/mol. The smallest absolute Gasteiger partial charge is 0.240 e. The normalized spacial score (nSPS) is 21.4. The van der Waals surface area contributed by atoms with Crippen LogP contribution in [0.1, 0.15) is 13.8 Å². The van der Waals surface area contributed by atoms with Gasteiger partial charge in [0.15, 0.2) is 0 Å². The SMILES string of the molecule is CC(Cl)C(=O)N1CCN(c2cccc(Cl)c2)CC1C. The molecule has 0 aromatic heterocycles. The number of piperazine rings is 1. The summed E-state index contributed by atoms with van der Waals surface area (Å²) < 4.78 is 0. The van der Waals surface area contributed by atoms with Crippen LogP contribution in [0.5, 0.6) is 0 Å². The van der Waals surface area contributed by atoms with Gasteiger partial charge in [0.25, 0.3) is 0 Å². The monoisotopic (exact) mass is 300 g/mol. The van der Waals surface area contributed by atoms with Crippen LogP contribution in [0.25, 0.3) is 0 Å². The van der Waals surface area contributed by atoms with Crippen LogP contribution in [0.4, 0.5) is 5.69 Å². The van der Waals surface area contributed by atoms with Crippen molar-refractivity contribution in [2.75, 3.05) is 24.5 Å². The minimum atomic E-state index is -0.458. The van der Waals surface area contributed by atoms with Crippen molar-refractivity contribution >= 4 is 34.8 Å². The molecule has 0 saturated carbocycles. The summed E-state index contributed by atoms with van der Waals surface area (Å²) in [6.45, 7) is 6.08. The molecule has 1 aliphatic heterocycles. The lowest BCUT2D eigenvalue weighted by atomic mass is 10.1. The minimum absolute atomic E-state index is 0.0138. The molecule has 1 aliphatic rings. The Morgan fingerprint density at radius 2 is 2.16 bits per heavy atom. The topological polar surface area (TPSA) is 23.6 Å². The van der Waals surface area contributed by atoms with Gasteiger partial charge in [0.1, 0.15) is 5.38 Å². The van der Waals surface area contributed by atoms with E-state index in [1.165, 1.54) is 0 Å². The second kappa shape index (κ2) is 6.02. The molecule has 1 fully saturated rings. The highest BCUT2D eigenvalue weighted by Crippen LogP contribution is 2.23. The van der Waals surface area contributed by atoms with Crippen LogP contribution in [0.3, 0.4) is 0 Å². The van der Waals surface area contributed by atoms with E-state index in [0.717, 1.165) is 23.8 Å². The second-order valence-corrected chi connectivity index (χ2v) is 6.01. The summed E-state index contributed by atoms with van der Waals surface area (Å²) in [5.74, 6) is 0.0138.